The van der Waals surface area contributed by atoms with E-state index in [2.05, 4.69) is 0 Å². The minimum absolute atomic E-state index is 0.0510. The SMILES string of the molecule is O=C(Cc1cc[n+]([O-])cc1)N1CCC(=C2c3ccc(Cl)cc3CCc3ccc[n+]([O-])c32)CC1. The number of likely N-dealkylation sites (tertiary alicyclic amines) is 1. The van der Waals surface area contributed by atoms with Gasteiger partial charge in [-0.2, -0.15) is 9.46 Å². The molecule has 0 atom stereocenters. The van der Waals surface area contributed by atoms with Crippen molar-refractivity contribution < 1.29 is 14.3 Å². The maximum atomic E-state index is 12.9. The number of rotatable bonds is 2. The summed E-state index contributed by atoms with van der Waals surface area (Å²) in [6.45, 7) is 1.21. The number of aryl methyl sites for hydroxylation is 2. The lowest BCUT2D eigenvalue weighted by Gasteiger charge is -2.30. The number of benzene rings is 1. The largest absolute Gasteiger partial charge is 0.619 e. The van der Waals surface area contributed by atoms with Gasteiger partial charge in [-0.25, -0.2) is 0 Å². The number of amides is 1. The van der Waals surface area contributed by atoms with E-state index < -0.39 is 0 Å². The number of pyridine rings is 2. The summed E-state index contributed by atoms with van der Waals surface area (Å²) in [6.07, 6.45) is 7.70. The van der Waals surface area contributed by atoms with Gasteiger partial charge in [-0.05, 0) is 60.6 Å². The van der Waals surface area contributed by atoms with E-state index in [1.165, 1.54) is 18.0 Å². The highest BCUT2D eigenvalue weighted by atomic mass is 35.5. The number of fused-ring (bicyclic) bond motifs is 2. The topological polar surface area (TPSA) is 74.2 Å². The predicted octanol–water partition coefficient (Wildman–Crippen LogP) is 3.37. The Kier molecular flexibility index (Phi) is 5.77. The molecule has 0 spiro atoms. The highest BCUT2D eigenvalue weighted by molar-refractivity contribution is 6.30. The van der Waals surface area contributed by atoms with Crippen molar-refractivity contribution in [3.05, 3.63) is 110 Å². The zero-order chi connectivity index (χ0) is 22.9. The van der Waals surface area contributed by atoms with Crippen LogP contribution >= 0.6 is 11.6 Å². The van der Waals surface area contributed by atoms with E-state index in [1.807, 2.05) is 29.2 Å². The van der Waals surface area contributed by atoms with Crippen LogP contribution in [0.4, 0.5) is 0 Å². The second-order valence-electron chi connectivity index (χ2n) is 8.61. The predicted molar refractivity (Wildman–Crippen MR) is 125 cm³/mol. The van der Waals surface area contributed by atoms with Gasteiger partial charge in [-0.15, -0.1) is 0 Å². The summed E-state index contributed by atoms with van der Waals surface area (Å²) in [4.78, 5) is 14.7. The lowest BCUT2D eigenvalue weighted by molar-refractivity contribution is -0.608. The Balaban J connectivity index is 1.45. The molecule has 0 N–H and O–H groups in total. The van der Waals surface area contributed by atoms with E-state index >= 15 is 0 Å². The van der Waals surface area contributed by atoms with E-state index in [0.717, 1.165) is 51.1 Å². The van der Waals surface area contributed by atoms with Crippen molar-refractivity contribution in [2.45, 2.75) is 32.1 Å². The molecule has 5 rings (SSSR count). The Bertz CT molecular complexity index is 1240. The molecular weight excluding hydrogens is 438 g/mol. The van der Waals surface area contributed by atoms with Crippen molar-refractivity contribution in [1.82, 2.24) is 4.90 Å². The van der Waals surface area contributed by atoms with Crippen molar-refractivity contribution in [3.8, 4) is 0 Å². The molecule has 3 aromatic rings. The normalized spacial score (nSPS) is 15.6. The van der Waals surface area contributed by atoms with Crippen LogP contribution in [0.15, 0.2) is 66.6 Å². The van der Waals surface area contributed by atoms with Gasteiger partial charge >= 0.3 is 0 Å². The molecule has 7 heteroatoms. The fourth-order valence-corrected chi connectivity index (χ4v) is 5.09. The maximum Gasteiger partial charge on any atom is 0.227 e. The molecule has 1 fully saturated rings. The zero-order valence-corrected chi connectivity index (χ0v) is 18.9. The zero-order valence-electron chi connectivity index (χ0n) is 18.2. The van der Waals surface area contributed by atoms with Crippen molar-refractivity contribution in [2.75, 3.05) is 13.1 Å². The summed E-state index contributed by atoms with van der Waals surface area (Å²) in [5.41, 5.74) is 7.02. The average Bonchev–Trinajstić information content (AvgIpc) is 2.98. The number of carbonyl (C=O) groups excluding carboxylic acids is 1. The van der Waals surface area contributed by atoms with Gasteiger partial charge < -0.3 is 15.3 Å². The molecule has 1 amide bonds. The molecule has 1 aromatic carbocycles. The fraction of sp³-hybridized carbons (Fsp3) is 0.269. The molecule has 1 saturated heterocycles. The monoisotopic (exact) mass is 461 g/mol. The Labute approximate surface area is 197 Å². The highest BCUT2D eigenvalue weighted by Gasteiger charge is 2.30. The van der Waals surface area contributed by atoms with Crippen LogP contribution in [0.1, 0.15) is 40.8 Å². The first kappa shape index (κ1) is 21.5. The highest BCUT2D eigenvalue weighted by Crippen LogP contribution is 2.38. The number of carbonyl (C=O) groups is 1. The molecule has 33 heavy (non-hydrogen) atoms. The van der Waals surface area contributed by atoms with Gasteiger partial charge in [-0.1, -0.05) is 23.2 Å². The van der Waals surface area contributed by atoms with E-state index in [9.17, 15) is 15.2 Å². The van der Waals surface area contributed by atoms with E-state index in [0.29, 0.717) is 35.7 Å². The molecule has 2 aliphatic rings. The van der Waals surface area contributed by atoms with Gasteiger partial charge in [0.05, 0.1) is 12.0 Å². The molecule has 0 saturated carbocycles. The minimum Gasteiger partial charge on any atom is -0.619 e. The van der Waals surface area contributed by atoms with Crippen LogP contribution in [-0.2, 0) is 24.1 Å². The molecule has 2 aromatic heterocycles. The summed E-state index contributed by atoms with van der Waals surface area (Å²) in [7, 11) is 0. The standard InChI is InChI=1S/C26H24ClN3O3/c27-22-5-6-23-21(17-22)4-3-20-2-1-11-30(33)26(20)25(23)19-9-12-28(13-10-19)24(31)16-18-7-14-29(32)15-8-18/h1-2,5-8,11,14-15,17H,3-4,9-10,12-13,16H2. The lowest BCUT2D eigenvalue weighted by atomic mass is 9.88. The summed E-state index contributed by atoms with van der Waals surface area (Å²) in [5, 5.41) is 24.8. The Morgan fingerprint density at radius 1 is 0.939 bits per heavy atom. The number of hydrogen-bond acceptors (Lipinski definition) is 3. The second-order valence-corrected chi connectivity index (χ2v) is 9.05. The van der Waals surface area contributed by atoms with Crippen LogP contribution in [0.5, 0.6) is 0 Å². The quantitative estimate of drug-likeness (QED) is 0.434. The smallest absolute Gasteiger partial charge is 0.227 e. The summed E-state index contributed by atoms with van der Waals surface area (Å²) in [6, 6.07) is 13.1. The molecule has 168 valence electrons. The second kappa shape index (κ2) is 8.87. The molecule has 0 unspecified atom stereocenters. The van der Waals surface area contributed by atoms with E-state index in [1.54, 1.807) is 24.4 Å². The van der Waals surface area contributed by atoms with Crippen LogP contribution in [0.3, 0.4) is 0 Å². The Morgan fingerprint density at radius 3 is 2.42 bits per heavy atom. The number of halogens is 1. The van der Waals surface area contributed by atoms with E-state index in [-0.39, 0.29) is 12.3 Å². The first-order chi connectivity index (χ1) is 16.0. The van der Waals surface area contributed by atoms with Gasteiger partial charge in [0.1, 0.15) is 0 Å². The van der Waals surface area contributed by atoms with Gasteiger partial charge in [0.25, 0.3) is 0 Å². The minimum atomic E-state index is 0.0510. The average molecular weight is 462 g/mol. The van der Waals surface area contributed by atoms with Gasteiger partial charge in [0, 0.05) is 41.9 Å². The first-order valence-corrected chi connectivity index (χ1v) is 11.5. The van der Waals surface area contributed by atoms with Crippen molar-refractivity contribution in [2.24, 2.45) is 0 Å². The molecule has 3 heterocycles. The number of piperidine rings is 1. The first-order valence-electron chi connectivity index (χ1n) is 11.2. The van der Waals surface area contributed by atoms with Gasteiger partial charge in [-0.3, -0.25) is 4.79 Å². The van der Waals surface area contributed by atoms with Crippen LogP contribution in [0.2, 0.25) is 5.02 Å². The van der Waals surface area contributed by atoms with Crippen LogP contribution in [0.25, 0.3) is 5.57 Å². The molecular formula is C26H24ClN3O3. The molecule has 0 radical (unpaired) electrons. The van der Waals surface area contributed by atoms with Crippen molar-refractivity contribution in [1.29, 1.82) is 0 Å². The Morgan fingerprint density at radius 2 is 1.67 bits per heavy atom. The number of nitrogens with zero attached hydrogens (tertiary/aromatic N) is 3. The number of hydrogen-bond donors (Lipinski definition) is 0. The fourth-order valence-electron chi connectivity index (χ4n) is 4.90. The van der Waals surface area contributed by atoms with Crippen molar-refractivity contribution in [3.63, 3.8) is 0 Å². The summed E-state index contributed by atoms with van der Waals surface area (Å²) in [5.74, 6) is 0.0510. The van der Waals surface area contributed by atoms with Crippen molar-refractivity contribution >= 4 is 23.1 Å². The molecule has 6 nitrogen and oxygen atoms in total. The molecule has 1 aliphatic carbocycles. The molecule has 0 bridgehead atoms. The Hall–Kier alpha value is -3.38. The van der Waals surface area contributed by atoms with Crippen LogP contribution < -0.4 is 9.46 Å². The summed E-state index contributed by atoms with van der Waals surface area (Å²) >= 11 is 6.29. The van der Waals surface area contributed by atoms with Gasteiger partial charge in [0.15, 0.2) is 18.6 Å². The number of aromatic nitrogens is 2. The van der Waals surface area contributed by atoms with Crippen LogP contribution in [-0.4, -0.2) is 23.9 Å². The third-order valence-electron chi connectivity index (χ3n) is 6.58. The summed E-state index contributed by atoms with van der Waals surface area (Å²) < 4.78 is 1.70. The molecule has 1 aliphatic heterocycles. The van der Waals surface area contributed by atoms with Crippen LogP contribution in [0, 0.1) is 10.4 Å². The third kappa shape index (κ3) is 4.31. The lowest BCUT2D eigenvalue weighted by Crippen LogP contribution is -2.38. The maximum absolute atomic E-state index is 12.9. The third-order valence-corrected chi connectivity index (χ3v) is 6.82. The van der Waals surface area contributed by atoms with E-state index in [4.69, 9.17) is 11.6 Å². The van der Waals surface area contributed by atoms with Gasteiger partial charge in [0.2, 0.25) is 11.6 Å².